The Morgan fingerprint density at radius 1 is 1.17 bits per heavy atom. The summed E-state index contributed by atoms with van der Waals surface area (Å²) in [6.07, 6.45) is 2.85. The molecule has 1 fully saturated rings. The predicted octanol–water partition coefficient (Wildman–Crippen LogP) is 3.17. The van der Waals surface area contributed by atoms with E-state index in [1.807, 2.05) is 18.2 Å². The molecule has 0 bridgehead atoms. The molecule has 1 N–H and O–H groups in total. The number of carboxylic acids is 1. The molecule has 0 aliphatic carbocycles. The van der Waals surface area contributed by atoms with Crippen LogP contribution < -0.4 is 0 Å². The van der Waals surface area contributed by atoms with Gasteiger partial charge in [0.1, 0.15) is 6.26 Å². The number of hydrogen-bond donors (Lipinski definition) is 1. The van der Waals surface area contributed by atoms with E-state index in [0.717, 1.165) is 19.1 Å². The summed E-state index contributed by atoms with van der Waals surface area (Å²) in [7, 11) is 0. The van der Waals surface area contributed by atoms with Crippen molar-refractivity contribution in [1.82, 2.24) is 4.90 Å². The molecular weight excluding hydrogens is 294 g/mol. The first-order valence-corrected chi connectivity index (χ1v) is 7.66. The van der Waals surface area contributed by atoms with Gasteiger partial charge >= 0.3 is 5.97 Å². The fraction of sp³-hybridized carbons (Fsp3) is 0.333. The number of aromatic carboxylic acids is 1. The van der Waals surface area contributed by atoms with Crippen molar-refractivity contribution in [2.45, 2.75) is 25.2 Å². The number of furan rings is 1. The Morgan fingerprint density at radius 3 is 2.39 bits per heavy atom. The molecule has 120 valence electrons. The lowest BCUT2D eigenvalue weighted by molar-refractivity contribution is 0.0642. The lowest BCUT2D eigenvalue weighted by Crippen LogP contribution is -2.43. The molecular formula is C18H19NO4. The quantitative estimate of drug-likeness (QED) is 0.945. The Balaban J connectivity index is 1.68. The lowest BCUT2D eigenvalue weighted by atomic mass is 9.74. The number of nitrogens with zero attached hydrogens (tertiary/aromatic N) is 1. The molecule has 23 heavy (non-hydrogen) atoms. The van der Waals surface area contributed by atoms with Crippen molar-refractivity contribution in [2.24, 2.45) is 0 Å². The van der Waals surface area contributed by atoms with Crippen LogP contribution in [0.1, 0.15) is 46.2 Å². The molecule has 2 heterocycles. The van der Waals surface area contributed by atoms with Crippen LogP contribution in [0.4, 0.5) is 0 Å². The van der Waals surface area contributed by atoms with Crippen LogP contribution in [0.15, 0.2) is 47.1 Å². The van der Waals surface area contributed by atoms with Gasteiger partial charge in [-0.1, -0.05) is 37.3 Å². The third-order valence-electron chi connectivity index (χ3n) is 4.68. The molecule has 1 aliphatic heterocycles. The number of carbonyl (C=O) groups excluding carboxylic acids is 1. The minimum atomic E-state index is -1.09. The monoisotopic (exact) mass is 313 g/mol. The van der Waals surface area contributed by atoms with Crippen molar-refractivity contribution in [3.63, 3.8) is 0 Å². The van der Waals surface area contributed by atoms with E-state index in [4.69, 9.17) is 9.52 Å². The van der Waals surface area contributed by atoms with Gasteiger partial charge in [-0.05, 0) is 23.8 Å². The van der Waals surface area contributed by atoms with Crippen molar-refractivity contribution < 1.29 is 19.1 Å². The molecule has 1 aromatic carbocycles. The zero-order valence-electron chi connectivity index (χ0n) is 13.0. The minimum absolute atomic E-state index is 0.000478. The van der Waals surface area contributed by atoms with E-state index in [2.05, 4.69) is 19.1 Å². The van der Waals surface area contributed by atoms with Gasteiger partial charge in [-0.3, -0.25) is 4.79 Å². The molecule has 1 aromatic heterocycles. The molecule has 0 unspecified atom stereocenters. The summed E-state index contributed by atoms with van der Waals surface area (Å²) in [5, 5.41) is 8.90. The van der Waals surface area contributed by atoms with Crippen LogP contribution in [-0.2, 0) is 5.41 Å². The normalized spacial score (nSPS) is 17.0. The van der Waals surface area contributed by atoms with E-state index in [0.29, 0.717) is 13.1 Å². The van der Waals surface area contributed by atoms with Crippen LogP contribution in [0.25, 0.3) is 0 Å². The summed E-state index contributed by atoms with van der Waals surface area (Å²) in [6.45, 7) is 3.49. The van der Waals surface area contributed by atoms with Crippen LogP contribution >= 0.6 is 0 Å². The van der Waals surface area contributed by atoms with E-state index < -0.39 is 5.97 Å². The Hall–Kier alpha value is -2.56. The smallest absolute Gasteiger partial charge is 0.338 e. The molecule has 0 saturated carbocycles. The van der Waals surface area contributed by atoms with Crippen LogP contribution in [0.3, 0.4) is 0 Å². The predicted molar refractivity (Wildman–Crippen MR) is 84.6 cm³/mol. The number of benzene rings is 1. The molecule has 1 aliphatic rings. The highest BCUT2D eigenvalue weighted by atomic mass is 16.4. The first-order chi connectivity index (χ1) is 11.0. The van der Waals surface area contributed by atoms with E-state index in [-0.39, 0.29) is 22.6 Å². The van der Waals surface area contributed by atoms with Crippen LogP contribution in [0, 0.1) is 0 Å². The standard InChI is InChI=1S/C18H19NO4/c1-18(14-5-3-2-4-6-14)7-9-19(10-8-18)16(20)15-11-13(12-23-15)17(21)22/h2-6,11-12H,7-10H2,1H3,(H,21,22). The van der Waals surface area contributed by atoms with Crippen molar-refractivity contribution in [1.29, 1.82) is 0 Å². The lowest BCUT2D eigenvalue weighted by Gasteiger charge is -2.39. The zero-order chi connectivity index (χ0) is 16.4. The van der Waals surface area contributed by atoms with Gasteiger partial charge < -0.3 is 14.4 Å². The number of hydrogen-bond acceptors (Lipinski definition) is 3. The number of carboxylic acid groups (broad SMARTS) is 1. The topological polar surface area (TPSA) is 70.8 Å². The Morgan fingerprint density at radius 2 is 1.83 bits per heavy atom. The fourth-order valence-electron chi connectivity index (χ4n) is 3.05. The maximum Gasteiger partial charge on any atom is 0.338 e. The number of likely N-dealkylation sites (tertiary alicyclic amines) is 1. The molecule has 3 rings (SSSR count). The SMILES string of the molecule is CC1(c2ccccc2)CCN(C(=O)c2cc(C(=O)O)co2)CC1. The second-order valence-electron chi connectivity index (χ2n) is 6.22. The van der Waals surface area contributed by atoms with Crippen LogP contribution in [0.5, 0.6) is 0 Å². The van der Waals surface area contributed by atoms with E-state index >= 15 is 0 Å². The Labute approximate surface area is 134 Å². The number of carbonyl (C=O) groups is 2. The van der Waals surface area contributed by atoms with Gasteiger partial charge in [0, 0.05) is 19.2 Å². The third kappa shape index (κ3) is 2.99. The van der Waals surface area contributed by atoms with Crippen molar-refractivity contribution in [3.8, 4) is 0 Å². The van der Waals surface area contributed by atoms with Crippen LogP contribution in [-0.4, -0.2) is 35.0 Å². The van der Waals surface area contributed by atoms with Gasteiger partial charge in [0.05, 0.1) is 5.56 Å². The highest BCUT2D eigenvalue weighted by Crippen LogP contribution is 2.35. The Kier molecular flexibility index (Phi) is 3.94. The molecule has 0 radical (unpaired) electrons. The maximum atomic E-state index is 12.4. The van der Waals surface area contributed by atoms with Gasteiger partial charge in [-0.2, -0.15) is 0 Å². The molecule has 0 spiro atoms. The number of rotatable bonds is 3. The average molecular weight is 313 g/mol. The largest absolute Gasteiger partial charge is 0.478 e. The van der Waals surface area contributed by atoms with Gasteiger partial charge in [0.2, 0.25) is 0 Å². The van der Waals surface area contributed by atoms with E-state index in [1.54, 1.807) is 4.90 Å². The minimum Gasteiger partial charge on any atom is -0.478 e. The molecule has 1 amide bonds. The third-order valence-corrected chi connectivity index (χ3v) is 4.68. The van der Waals surface area contributed by atoms with Crippen molar-refractivity contribution in [2.75, 3.05) is 13.1 Å². The van der Waals surface area contributed by atoms with Crippen molar-refractivity contribution in [3.05, 3.63) is 59.5 Å². The molecule has 2 aromatic rings. The maximum absolute atomic E-state index is 12.4. The first kappa shape index (κ1) is 15.3. The van der Waals surface area contributed by atoms with Crippen LogP contribution in [0.2, 0.25) is 0 Å². The second kappa shape index (κ2) is 5.91. The summed E-state index contributed by atoms with van der Waals surface area (Å²) in [5.74, 6) is -1.25. The Bertz CT molecular complexity index is 712. The summed E-state index contributed by atoms with van der Waals surface area (Å²) >= 11 is 0. The average Bonchev–Trinajstić information content (AvgIpc) is 3.06. The second-order valence-corrected chi connectivity index (χ2v) is 6.22. The summed E-state index contributed by atoms with van der Waals surface area (Å²) in [6, 6.07) is 11.6. The summed E-state index contributed by atoms with van der Waals surface area (Å²) in [4.78, 5) is 25.0. The summed E-state index contributed by atoms with van der Waals surface area (Å²) in [5.41, 5.74) is 1.35. The van der Waals surface area contributed by atoms with Gasteiger partial charge in [-0.15, -0.1) is 0 Å². The number of amides is 1. The highest BCUT2D eigenvalue weighted by molar-refractivity contribution is 5.95. The molecule has 5 heteroatoms. The summed E-state index contributed by atoms with van der Waals surface area (Å²) < 4.78 is 5.11. The molecule has 0 atom stereocenters. The highest BCUT2D eigenvalue weighted by Gasteiger charge is 2.34. The van der Waals surface area contributed by atoms with Gasteiger partial charge in [-0.25, -0.2) is 4.79 Å². The van der Waals surface area contributed by atoms with E-state index in [1.165, 1.54) is 11.6 Å². The van der Waals surface area contributed by atoms with E-state index in [9.17, 15) is 9.59 Å². The molecule has 1 saturated heterocycles. The van der Waals surface area contributed by atoms with Gasteiger partial charge in [0.15, 0.2) is 5.76 Å². The molecule has 5 nitrogen and oxygen atoms in total. The number of piperidine rings is 1. The van der Waals surface area contributed by atoms with Gasteiger partial charge in [0.25, 0.3) is 5.91 Å². The van der Waals surface area contributed by atoms with Crippen molar-refractivity contribution >= 4 is 11.9 Å². The first-order valence-electron chi connectivity index (χ1n) is 7.66. The zero-order valence-corrected chi connectivity index (χ0v) is 13.0. The fourth-order valence-corrected chi connectivity index (χ4v) is 3.05.